The first-order valence-corrected chi connectivity index (χ1v) is 10.8. The molecule has 0 bridgehead atoms. The number of hydrogen-bond acceptors (Lipinski definition) is 5. The molecule has 0 spiro atoms. The summed E-state index contributed by atoms with van der Waals surface area (Å²) < 4.78 is 4.29. The first-order chi connectivity index (χ1) is 13.8. The quantitative estimate of drug-likeness (QED) is 0.422. The fourth-order valence-electron chi connectivity index (χ4n) is 3.71. The molecule has 2 aromatic heterocycles. The molecule has 0 N–H and O–H groups in total. The maximum atomic E-state index is 13.0. The van der Waals surface area contributed by atoms with Crippen LogP contribution in [0.4, 0.5) is 0 Å². The van der Waals surface area contributed by atoms with E-state index in [0.717, 1.165) is 27.4 Å². The molecule has 2 aliphatic rings. The normalized spacial score (nSPS) is 16.4. The molecule has 3 aromatic rings. The van der Waals surface area contributed by atoms with Gasteiger partial charge in [-0.15, -0.1) is 10.2 Å². The zero-order valence-electron chi connectivity index (χ0n) is 15.5. The van der Waals surface area contributed by atoms with Crippen LogP contribution in [0.25, 0.3) is 10.9 Å². The highest BCUT2D eigenvalue weighted by molar-refractivity contribution is 7.99. The Balaban J connectivity index is 1.37. The third-order valence-electron chi connectivity index (χ3n) is 5.43. The van der Waals surface area contributed by atoms with Gasteiger partial charge in [-0.05, 0) is 31.7 Å². The molecule has 1 aromatic carbocycles. The molecular weight excluding hydrogens is 370 g/mol. The number of rotatable bonds is 8. The van der Waals surface area contributed by atoms with Crippen LogP contribution in [-0.2, 0) is 6.54 Å². The van der Waals surface area contributed by atoms with Crippen LogP contribution in [0.2, 0.25) is 0 Å². The van der Waals surface area contributed by atoms with Gasteiger partial charge in [0.15, 0.2) is 10.9 Å². The van der Waals surface area contributed by atoms with Crippen molar-refractivity contribution in [3.63, 3.8) is 0 Å². The van der Waals surface area contributed by atoms with Crippen molar-refractivity contribution in [3.05, 3.63) is 41.9 Å². The van der Waals surface area contributed by atoms with Crippen LogP contribution in [-0.4, -0.2) is 30.9 Å². The molecule has 28 heavy (non-hydrogen) atoms. The molecule has 142 valence electrons. The Morgan fingerprint density at radius 1 is 1.21 bits per heavy atom. The number of thioether (sulfide) groups is 1. The summed E-state index contributed by atoms with van der Waals surface area (Å²) in [5, 5.41) is 19.5. The largest absolute Gasteiger partial charge is 0.346 e. The van der Waals surface area contributed by atoms with E-state index in [1.165, 1.54) is 37.4 Å². The Hall–Kier alpha value is -2.59. The molecule has 0 amide bonds. The summed E-state index contributed by atoms with van der Waals surface area (Å²) in [7, 11) is 0. The van der Waals surface area contributed by atoms with E-state index in [9.17, 15) is 4.79 Å². The van der Waals surface area contributed by atoms with Crippen LogP contribution in [0.15, 0.2) is 35.6 Å². The Labute approximate surface area is 167 Å². The van der Waals surface area contributed by atoms with Gasteiger partial charge in [0.2, 0.25) is 0 Å². The standard InChI is InChI=1S/C21H21N5OS/c22-10-3-11-25-12-17(16-4-1-2-5-18(16)25)19(27)13-28-21-24-23-20(14-6-7-14)26(21)15-8-9-15/h1-2,4-5,12,14-15H,3,6-9,11,13H2. The number of nitrogens with zero attached hydrogens (tertiary/aromatic N) is 5. The molecule has 6 nitrogen and oxygen atoms in total. The number of carbonyl (C=O) groups is 1. The number of nitriles is 1. The second-order valence-corrected chi connectivity index (χ2v) is 8.53. The molecule has 2 fully saturated rings. The van der Waals surface area contributed by atoms with Gasteiger partial charge in [-0.2, -0.15) is 5.26 Å². The van der Waals surface area contributed by atoms with Gasteiger partial charge in [-0.3, -0.25) is 4.79 Å². The summed E-state index contributed by atoms with van der Waals surface area (Å²) in [6.45, 7) is 0.595. The molecule has 0 atom stereocenters. The van der Waals surface area contributed by atoms with E-state index in [4.69, 9.17) is 5.26 Å². The Bertz CT molecular complexity index is 1080. The fraction of sp³-hybridized carbons (Fsp3) is 0.429. The van der Waals surface area contributed by atoms with E-state index < -0.39 is 0 Å². The number of carbonyl (C=O) groups excluding carboxylic acids is 1. The molecule has 2 aliphatic carbocycles. The Morgan fingerprint density at radius 3 is 2.79 bits per heavy atom. The molecule has 0 aliphatic heterocycles. The van der Waals surface area contributed by atoms with Crippen molar-refractivity contribution in [1.29, 1.82) is 5.26 Å². The van der Waals surface area contributed by atoms with Gasteiger partial charge >= 0.3 is 0 Å². The monoisotopic (exact) mass is 391 g/mol. The summed E-state index contributed by atoms with van der Waals surface area (Å²) in [6.07, 6.45) is 7.10. The van der Waals surface area contributed by atoms with Crippen LogP contribution in [0.5, 0.6) is 0 Å². The first-order valence-electron chi connectivity index (χ1n) is 9.82. The number of aromatic nitrogens is 4. The number of fused-ring (bicyclic) bond motifs is 1. The van der Waals surface area contributed by atoms with Crippen molar-refractivity contribution >= 4 is 28.4 Å². The minimum Gasteiger partial charge on any atom is -0.346 e. The number of Topliss-reactive ketones (excluding diaryl/α,β-unsaturated/α-hetero) is 1. The van der Waals surface area contributed by atoms with Crippen LogP contribution < -0.4 is 0 Å². The third-order valence-corrected chi connectivity index (χ3v) is 6.37. The number of aryl methyl sites for hydroxylation is 1. The minimum atomic E-state index is 0.0928. The highest BCUT2D eigenvalue weighted by Gasteiger charge is 2.36. The lowest BCUT2D eigenvalue weighted by atomic mass is 10.1. The number of para-hydroxylation sites is 1. The van der Waals surface area contributed by atoms with Gasteiger partial charge in [0.05, 0.1) is 18.2 Å². The summed E-state index contributed by atoms with van der Waals surface area (Å²) in [5.74, 6) is 2.12. The molecular formula is C21H21N5OS. The smallest absolute Gasteiger partial charge is 0.191 e. The van der Waals surface area contributed by atoms with Gasteiger partial charge in [-0.1, -0.05) is 30.0 Å². The molecule has 2 heterocycles. The zero-order valence-corrected chi connectivity index (χ0v) is 16.4. The van der Waals surface area contributed by atoms with E-state index in [2.05, 4.69) is 20.8 Å². The number of ketones is 1. The summed E-state index contributed by atoms with van der Waals surface area (Å²) in [5.41, 5.74) is 1.73. The van der Waals surface area contributed by atoms with Gasteiger partial charge in [0.1, 0.15) is 5.82 Å². The lowest BCUT2D eigenvalue weighted by Gasteiger charge is -2.07. The van der Waals surface area contributed by atoms with E-state index in [0.29, 0.717) is 30.7 Å². The van der Waals surface area contributed by atoms with Gasteiger partial charge in [-0.25, -0.2) is 0 Å². The molecule has 5 rings (SSSR count). The maximum Gasteiger partial charge on any atom is 0.191 e. The Morgan fingerprint density at radius 2 is 2.04 bits per heavy atom. The second-order valence-electron chi connectivity index (χ2n) is 7.59. The highest BCUT2D eigenvalue weighted by Crippen LogP contribution is 2.46. The third kappa shape index (κ3) is 3.22. The minimum absolute atomic E-state index is 0.0928. The van der Waals surface area contributed by atoms with Crippen LogP contribution >= 0.6 is 11.8 Å². The number of benzene rings is 1. The van der Waals surface area contributed by atoms with Crippen LogP contribution in [0.3, 0.4) is 0 Å². The van der Waals surface area contributed by atoms with Crippen molar-refractivity contribution < 1.29 is 4.79 Å². The molecule has 0 radical (unpaired) electrons. The molecule has 7 heteroatoms. The van der Waals surface area contributed by atoms with Crippen molar-refractivity contribution in [1.82, 2.24) is 19.3 Å². The SMILES string of the molecule is N#CCCn1cc(C(=O)CSc2nnc(C3CC3)n2C2CC2)c2ccccc21. The van der Waals surface area contributed by atoms with Crippen molar-refractivity contribution in [2.24, 2.45) is 0 Å². The average molecular weight is 392 g/mol. The van der Waals surface area contributed by atoms with Crippen LogP contribution in [0, 0.1) is 11.3 Å². The van der Waals surface area contributed by atoms with Crippen molar-refractivity contribution in [2.75, 3.05) is 5.75 Å². The predicted octanol–water partition coefficient (Wildman–Crippen LogP) is 4.33. The zero-order chi connectivity index (χ0) is 19.1. The second kappa shape index (κ2) is 7.10. The van der Waals surface area contributed by atoms with Gasteiger partial charge in [0.25, 0.3) is 0 Å². The lowest BCUT2D eigenvalue weighted by Crippen LogP contribution is -2.06. The van der Waals surface area contributed by atoms with E-state index >= 15 is 0 Å². The number of hydrogen-bond donors (Lipinski definition) is 0. The van der Waals surface area contributed by atoms with E-state index in [1.54, 1.807) is 0 Å². The Kier molecular flexibility index (Phi) is 4.44. The molecule has 2 saturated carbocycles. The van der Waals surface area contributed by atoms with Crippen molar-refractivity contribution in [3.8, 4) is 6.07 Å². The first kappa shape index (κ1) is 17.5. The highest BCUT2D eigenvalue weighted by atomic mass is 32.2. The maximum absolute atomic E-state index is 13.0. The van der Waals surface area contributed by atoms with Crippen molar-refractivity contribution in [2.45, 2.75) is 55.8 Å². The lowest BCUT2D eigenvalue weighted by molar-refractivity contribution is 0.102. The van der Waals surface area contributed by atoms with E-state index in [1.807, 2.05) is 35.0 Å². The topological polar surface area (TPSA) is 76.5 Å². The molecule has 0 unspecified atom stereocenters. The summed E-state index contributed by atoms with van der Waals surface area (Å²) in [6, 6.07) is 10.6. The van der Waals surface area contributed by atoms with Gasteiger partial charge < -0.3 is 9.13 Å². The fourth-order valence-corrected chi connectivity index (χ4v) is 4.61. The van der Waals surface area contributed by atoms with Gasteiger partial charge in [0, 0.05) is 41.2 Å². The average Bonchev–Trinajstić information content (AvgIpc) is 3.65. The predicted molar refractivity (Wildman–Crippen MR) is 107 cm³/mol. The summed E-state index contributed by atoms with van der Waals surface area (Å²) in [4.78, 5) is 13.0. The van der Waals surface area contributed by atoms with Crippen LogP contribution in [0.1, 0.15) is 60.2 Å². The summed E-state index contributed by atoms with van der Waals surface area (Å²) >= 11 is 1.50. The van der Waals surface area contributed by atoms with E-state index in [-0.39, 0.29) is 5.78 Å². The molecule has 0 saturated heterocycles.